The quantitative estimate of drug-likeness (QED) is 0.861. The van der Waals surface area contributed by atoms with E-state index < -0.39 is 0 Å². The molecule has 0 atom stereocenters. The van der Waals surface area contributed by atoms with Crippen molar-refractivity contribution in [2.24, 2.45) is 0 Å². The molecule has 1 aromatic heterocycles. The first-order valence-electron chi connectivity index (χ1n) is 7.09. The number of hydrogen-bond acceptors (Lipinski definition) is 3. The molecule has 1 fully saturated rings. The lowest BCUT2D eigenvalue weighted by atomic mass is 9.95. The molecular weight excluding hydrogens is 272 g/mol. The van der Waals surface area contributed by atoms with Crippen molar-refractivity contribution in [3.05, 3.63) is 30.0 Å². The number of aromatic hydroxyl groups is 1. The summed E-state index contributed by atoms with van der Waals surface area (Å²) in [4.78, 5) is 4.52. The highest BCUT2D eigenvalue weighted by Gasteiger charge is 2.14. The third-order valence-corrected chi connectivity index (χ3v) is 3.89. The number of aromatic nitrogens is 1. The smallest absolute Gasteiger partial charge is 0.116 e. The molecule has 0 saturated heterocycles. The summed E-state index contributed by atoms with van der Waals surface area (Å²) in [5.41, 5.74) is 3.05. The SMILES string of the molecule is Cc1cc(NC2CCCCC2)c2cc(O)ccc2n1.Cl. The Morgan fingerprint density at radius 1 is 1.15 bits per heavy atom. The summed E-state index contributed by atoms with van der Waals surface area (Å²) in [5.74, 6) is 0.296. The van der Waals surface area contributed by atoms with Gasteiger partial charge in [0, 0.05) is 22.8 Å². The molecule has 4 heteroatoms. The van der Waals surface area contributed by atoms with E-state index in [1.807, 2.05) is 13.0 Å². The molecule has 1 aliphatic carbocycles. The van der Waals surface area contributed by atoms with Gasteiger partial charge in [0.15, 0.2) is 0 Å². The normalized spacial score (nSPS) is 15.8. The monoisotopic (exact) mass is 292 g/mol. The number of phenols is 1. The van der Waals surface area contributed by atoms with Crippen LogP contribution in [0.3, 0.4) is 0 Å². The Balaban J connectivity index is 0.00000147. The first-order valence-corrected chi connectivity index (χ1v) is 7.09. The van der Waals surface area contributed by atoms with Crippen molar-refractivity contribution in [3.63, 3.8) is 0 Å². The van der Waals surface area contributed by atoms with E-state index in [0.717, 1.165) is 22.3 Å². The second-order valence-corrected chi connectivity index (χ2v) is 5.49. The highest BCUT2D eigenvalue weighted by atomic mass is 35.5. The van der Waals surface area contributed by atoms with Crippen LogP contribution in [0.15, 0.2) is 24.3 Å². The molecule has 2 N–H and O–H groups in total. The van der Waals surface area contributed by atoms with Gasteiger partial charge < -0.3 is 10.4 Å². The number of benzene rings is 1. The number of phenolic OH excluding ortho intramolecular Hbond substituents is 1. The van der Waals surface area contributed by atoms with Crippen molar-refractivity contribution in [3.8, 4) is 5.75 Å². The summed E-state index contributed by atoms with van der Waals surface area (Å²) in [6, 6.07) is 8.01. The molecule has 1 aromatic carbocycles. The third kappa shape index (κ3) is 3.15. The van der Waals surface area contributed by atoms with E-state index in [1.165, 1.54) is 32.1 Å². The molecular formula is C16H21ClN2O. The van der Waals surface area contributed by atoms with Gasteiger partial charge in [-0.3, -0.25) is 4.98 Å². The molecule has 1 heterocycles. The predicted octanol–water partition coefficient (Wildman–Crippen LogP) is 4.42. The molecule has 108 valence electrons. The van der Waals surface area contributed by atoms with Crippen LogP contribution in [0.4, 0.5) is 5.69 Å². The van der Waals surface area contributed by atoms with Gasteiger partial charge >= 0.3 is 0 Å². The average molecular weight is 293 g/mol. The molecule has 0 radical (unpaired) electrons. The summed E-state index contributed by atoms with van der Waals surface area (Å²) in [6.45, 7) is 2.01. The average Bonchev–Trinajstić information content (AvgIpc) is 2.41. The zero-order chi connectivity index (χ0) is 13.2. The number of hydrogen-bond donors (Lipinski definition) is 2. The fourth-order valence-electron chi connectivity index (χ4n) is 2.93. The summed E-state index contributed by atoms with van der Waals surface area (Å²) < 4.78 is 0. The molecule has 0 spiro atoms. The minimum Gasteiger partial charge on any atom is -0.508 e. The minimum atomic E-state index is 0. The van der Waals surface area contributed by atoms with Crippen LogP contribution >= 0.6 is 12.4 Å². The molecule has 3 rings (SSSR count). The summed E-state index contributed by atoms with van der Waals surface area (Å²) in [6.07, 6.45) is 6.45. The molecule has 0 bridgehead atoms. The Kier molecular flexibility index (Phi) is 4.71. The molecule has 3 nitrogen and oxygen atoms in total. The maximum Gasteiger partial charge on any atom is 0.116 e. The van der Waals surface area contributed by atoms with Crippen LogP contribution in [0.1, 0.15) is 37.8 Å². The van der Waals surface area contributed by atoms with Crippen molar-refractivity contribution in [2.75, 3.05) is 5.32 Å². The fourth-order valence-corrected chi connectivity index (χ4v) is 2.93. The summed E-state index contributed by atoms with van der Waals surface area (Å²) in [7, 11) is 0. The van der Waals surface area contributed by atoms with E-state index in [0.29, 0.717) is 11.8 Å². The lowest BCUT2D eigenvalue weighted by Gasteiger charge is -2.24. The third-order valence-electron chi connectivity index (χ3n) is 3.89. The van der Waals surface area contributed by atoms with E-state index in [9.17, 15) is 5.11 Å². The summed E-state index contributed by atoms with van der Waals surface area (Å²) in [5, 5.41) is 14.3. The molecule has 0 aliphatic heterocycles. The fraction of sp³-hybridized carbons (Fsp3) is 0.438. The van der Waals surface area contributed by atoms with Crippen LogP contribution < -0.4 is 5.32 Å². The largest absolute Gasteiger partial charge is 0.508 e. The van der Waals surface area contributed by atoms with Crippen molar-refractivity contribution in [2.45, 2.75) is 45.1 Å². The topological polar surface area (TPSA) is 45.1 Å². The van der Waals surface area contributed by atoms with Crippen molar-refractivity contribution >= 4 is 29.0 Å². The van der Waals surface area contributed by atoms with Crippen molar-refractivity contribution in [1.29, 1.82) is 0 Å². The van der Waals surface area contributed by atoms with Gasteiger partial charge in [0.25, 0.3) is 0 Å². The zero-order valence-corrected chi connectivity index (χ0v) is 12.5. The highest BCUT2D eigenvalue weighted by molar-refractivity contribution is 5.92. The number of nitrogens with one attached hydrogen (secondary N) is 1. The van der Waals surface area contributed by atoms with Gasteiger partial charge in [0.1, 0.15) is 5.75 Å². The van der Waals surface area contributed by atoms with E-state index in [4.69, 9.17) is 0 Å². The maximum atomic E-state index is 9.67. The number of aryl methyl sites for hydroxylation is 1. The van der Waals surface area contributed by atoms with Crippen LogP contribution in [-0.4, -0.2) is 16.1 Å². The van der Waals surface area contributed by atoms with Gasteiger partial charge in [-0.1, -0.05) is 19.3 Å². The van der Waals surface area contributed by atoms with E-state index >= 15 is 0 Å². The van der Waals surface area contributed by atoms with Crippen LogP contribution in [-0.2, 0) is 0 Å². The molecule has 0 amide bonds. The van der Waals surface area contributed by atoms with Gasteiger partial charge in [-0.25, -0.2) is 0 Å². The second-order valence-electron chi connectivity index (χ2n) is 5.49. The predicted molar refractivity (Wildman–Crippen MR) is 85.9 cm³/mol. The van der Waals surface area contributed by atoms with Gasteiger partial charge in [-0.2, -0.15) is 0 Å². The highest BCUT2D eigenvalue weighted by Crippen LogP contribution is 2.29. The second kappa shape index (κ2) is 6.31. The van der Waals surface area contributed by atoms with Crippen LogP contribution in [0.2, 0.25) is 0 Å². The lowest BCUT2D eigenvalue weighted by molar-refractivity contribution is 0.463. The van der Waals surface area contributed by atoms with Gasteiger partial charge in [0.05, 0.1) is 5.52 Å². The van der Waals surface area contributed by atoms with E-state index in [2.05, 4.69) is 16.4 Å². The minimum absolute atomic E-state index is 0. The van der Waals surface area contributed by atoms with Crippen LogP contribution in [0, 0.1) is 6.92 Å². The number of nitrogens with zero attached hydrogens (tertiary/aromatic N) is 1. The molecule has 2 aromatic rings. The van der Waals surface area contributed by atoms with E-state index in [-0.39, 0.29) is 12.4 Å². The molecule has 20 heavy (non-hydrogen) atoms. The van der Waals surface area contributed by atoms with Crippen LogP contribution in [0.5, 0.6) is 5.75 Å². The number of rotatable bonds is 2. The first-order chi connectivity index (χ1) is 9.22. The number of halogens is 1. The first kappa shape index (κ1) is 14.9. The Morgan fingerprint density at radius 3 is 2.65 bits per heavy atom. The number of fused-ring (bicyclic) bond motifs is 1. The van der Waals surface area contributed by atoms with Gasteiger partial charge in [-0.05, 0) is 44.0 Å². The van der Waals surface area contributed by atoms with Crippen molar-refractivity contribution in [1.82, 2.24) is 4.98 Å². The van der Waals surface area contributed by atoms with E-state index in [1.54, 1.807) is 12.1 Å². The standard InChI is InChI=1S/C16H20N2O.ClH/c1-11-9-16(18-12-5-3-2-4-6-12)14-10-13(19)7-8-15(14)17-11;/h7-10,12,19H,2-6H2,1H3,(H,17,18);1H. The molecule has 0 unspecified atom stereocenters. The Labute approximate surface area is 125 Å². The zero-order valence-electron chi connectivity index (χ0n) is 11.7. The van der Waals surface area contributed by atoms with Crippen LogP contribution in [0.25, 0.3) is 10.9 Å². The maximum absolute atomic E-state index is 9.67. The van der Waals surface area contributed by atoms with Gasteiger partial charge in [-0.15, -0.1) is 12.4 Å². The number of anilines is 1. The Morgan fingerprint density at radius 2 is 1.90 bits per heavy atom. The van der Waals surface area contributed by atoms with Gasteiger partial charge in [0.2, 0.25) is 0 Å². The Bertz CT molecular complexity index is 594. The lowest BCUT2D eigenvalue weighted by Crippen LogP contribution is -2.22. The number of pyridine rings is 1. The molecule has 1 aliphatic rings. The summed E-state index contributed by atoms with van der Waals surface area (Å²) >= 11 is 0. The molecule has 1 saturated carbocycles. The van der Waals surface area contributed by atoms with Crippen molar-refractivity contribution < 1.29 is 5.11 Å². The Hall–Kier alpha value is -1.48.